The van der Waals surface area contributed by atoms with E-state index in [1.165, 1.54) is 0 Å². The topological polar surface area (TPSA) is 236 Å². The van der Waals surface area contributed by atoms with Crippen molar-refractivity contribution in [2.24, 2.45) is 0 Å². The van der Waals surface area contributed by atoms with Gasteiger partial charge in [0.15, 0.2) is 18.7 Å². The minimum atomic E-state index is -5.40. The molecule has 0 radical (unpaired) electrons. The van der Waals surface area contributed by atoms with Gasteiger partial charge in [-0.05, 0) is 0 Å². The zero-order chi connectivity index (χ0) is 20.5. The van der Waals surface area contributed by atoms with Crippen molar-refractivity contribution in [3.8, 4) is 0 Å². The molecule has 2 saturated heterocycles. The third kappa shape index (κ3) is 6.01. The maximum atomic E-state index is 10.9. The normalized spacial score (nSPS) is 44.7. The zero-order valence-corrected chi connectivity index (χ0v) is 17.4. The summed E-state index contributed by atoms with van der Waals surface area (Å²) in [5, 5.41) is 67.4. The predicted molar refractivity (Wildman–Crippen MR) is 77.2 cm³/mol. The number of rotatable bonds is 6. The first kappa shape index (κ1) is 26.5. The summed E-state index contributed by atoms with van der Waals surface area (Å²) in [6.07, 6.45) is -18.1. The van der Waals surface area contributed by atoms with Crippen molar-refractivity contribution < 1.29 is 96.7 Å². The minimum Gasteiger partial charge on any atom is -0.726 e. The third-order valence-corrected chi connectivity index (χ3v) is 4.63. The van der Waals surface area contributed by atoms with E-state index in [0.717, 1.165) is 0 Å². The van der Waals surface area contributed by atoms with Crippen molar-refractivity contribution in [3.05, 3.63) is 0 Å². The van der Waals surface area contributed by atoms with Crippen molar-refractivity contribution in [2.75, 3.05) is 13.2 Å². The van der Waals surface area contributed by atoms with Gasteiger partial charge < -0.3 is 54.5 Å². The molecular formula is C12H21NaO14S. The summed E-state index contributed by atoms with van der Waals surface area (Å²) >= 11 is 0. The predicted octanol–water partition coefficient (Wildman–Crippen LogP) is -8.91. The molecule has 2 aliphatic heterocycles. The fourth-order valence-electron chi connectivity index (χ4n) is 2.72. The molecule has 16 heteroatoms. The molecule has 28 heavy (non-hydrogen) atoms. The van der Waals surface area contributed by atoms with E-state index >= 15 is 0 Å². The molecule has 2 heterocycles. The maximum Gasteiger partial charge on any atom is 1.00 e. The van der Waals surface area contributed by atoms with Crippen LogP contribution >= 0.6 is 0 Å². The Morgan fingerprint density at radius 2 is 1.25 bits per heavy atom. The van der Waals surface area contributed by atoms with Gasteiger partial charge in [-0.2, -0.15) is 0 Å². The van der Waals surface area contributed by atoms with Gasteiger partial charge in [-0.3, -0.25) is 4.18 Å². The van der Waals surface area contributed by atoms with Crippen molar-refractivity contribution >= 4 is 10.4 Å². The van der Waals surface area contributed by atoms with Crippen molar-refractivity contribution in [3.63, 3.8) is 0 Å². The van der Waals surface area contributed by atoms with Crippen molar-refractivity contribution in [1.29, 1.82) is 0 Å². The van der Waals surface area contributed by atoms with Crippen LogP contribution < -0.4 is 29.6 Å². The summed E-state index contributed by atoms with van der Waals surface area (Å²) in [6, 6.07) is 0. The summed E-state index contributed by atoms with van der Waals surface area (Å²) in [4.78, 5) is 0. The van der Waals surface area contributed by atoms with Crippen LogP contribution in [0.15, 0.2) is 0 Å². The van der Waals surface area contributed by atoms with Crippen LogP contribution in [0.25, 0.3) is 0 Å². The number of hydrogen-bond donors (Lipinski definition) is 7. The Morgan fingerprint density at radius 3 is 1.71 bits per heavy atom. The van der Waals surface area contributed by atoms with Crippen LogP contribution in [0.5, 0.6) is 0 Å². The Morgan fingerprint density at radius 1 is 0.786 bits per heavy atom. The molecule has 0 aliphatic carbocycles. The first-order chi connectivity index (χ1) is 12.5. The van der Waals surface area contributed by atoms with Gasteiger partial charge >= 0.3 is 29.6 Å². The number of aliphatic hydroxyl groups is 7. The maximum absolute atomic E-state index is 10.9. The van der Waals surface area contributed by atoms with Crippen LogP contribution in [0, 0.1) is 0 Å². The molecule has 7 N–H and O–H groups in total. The first-order valence-electron chi connectivity index (χ1n) is 7.72. The van der Waals surface area contributed by atoms with E-state index in [9.17, 15) is 43.6 Å². The Labute approximate surface area is 181 Å². The average Bonchev–Trinajstić information content (AvgIpc) is 2.60. The van der Waals surface area contributed by atoms with E-state index in [1.807, 2.05) is 0 Å². The summed E-state index contributed by atoms with van der Waals surface area (Å²) in [5.41, 5.74) is 0. The second kappa shape index (κ2) is 10.7. The molecule has 0 unspecified atom stereocenters. The summed E-state index contributed by atoms with van der Waals surface area (Å²) in [7, 11) is -5.40. The Kier molecular flexibility index (Phi) is 10.1. The smallest absolute Gasteiger partial charge is 0.726 e. The monoisotopic (exact) mass is 444 g/mol. The largest absolute Gasteiger partial charge is 1.00 e. The van der Waals surface area contributed by atoms with Gasteiger partial charge in [0.1, 0.15) is 42.7 Å². The number of aliphatic hydroxyl groups excluding tert-OH is 7. The quantitative estimate of drug-likeness (QED) is 0.114. The number of hydrogen-bond acceptors (Lipinski definition) is 14. The van der Waals surface area contributed by atoms with Crippen LogP contribution in [-0.4, -0.2) is 123 Å². The molecule has 160 valence electrons. The van der Waals surface area contributed by atoms with Crippen LogP contribution in [0.1, 0.15) is 0 Å². The molecular weight excluding hydrogens is 423 g/mol. The van der Waals surface area contributed by atoms with Gasteiger partial charge in [-0.15, -0.1) is 0 Å². The second-order valence-electron chi connectivity index (χ2n) is 6.01. The number of ether oxygens (including phenoxy) is 3. The summed E-state index contributed by atoms with van der Waals surface area (Å²) < 4.78 is 52.0. The van der Waals surface area contributed by atoms with E-state index in [2.05, 4.69) is 4.18 Å². The van der Waals surface area contributed by atoms with Crippen molar-refractivity contribution in [2.45, 2.75) is 61.4 Å². The standard InChI is InChI=1S/C12H22O14S.Na/c13-1-3-5(15)7(17)9(19)11(23-3)25-12-10(26-27(20,21)22)8(18)6(16)4(2-14)24-12;/h3-19H,1-2H2,(H,20,21,22);/q;+1/p-1/t3-,4-,5-,6-,7+,8+,9-,10-,11-,12-;/m1./s1. The van der Waals surface area contributed by atoms with E-state index in [1.54, 1.807) is 0 Å². The SMILES string of the molecule is O=S(=O)([O-])O[C@H]1[C@@H](O[C@H]2O[C@H](CO)[C@@H](O)[C@H](O)[C@H]2O)O[C@H](CO)[C@@H](O)[C@@H]1O.[Na+]. The van der Waals surface area contributed by atoms with Crippen LogP contribution in [-0.2, 0) is 28.8 Å². The Hall–Kier alpha value is 0.470. The van der Waals surface area contributed by atoms with Crippen LogP contribution in [0.4, 0.5) is 0 Å². The van der Waals surface area contributed by atoms with E-state index in [-0.39, 0.29) is 29.6 Å². The molecule has 0 spiro atoms. The van der Waals surface area contributed by atoms with E-state index < -0.39 is 85.0 Å². The zero-order valence-electron chi connectivity index (χ0n) is 14.6. The Balaban J connectivity index is 0.00000392. The molecule has 0 aromatic heterocycles. The van der Waals surface area contributed by atoms with Crippen LogP contribution in [0.2, 0.25) is 0 Å². The molecule has 0 amide bonds. The van der Waals surface area contributed by atoms with Crippen molar-refractivity contribution in [1.82, 2.24) is 0 Å². The molecule has 0 saturated carbocycles. The minimum absolute atomic E-state index is 0. The third-order valence-electron chi connectivity index (χ3n) is 4.17. The van der Waals surface area contributed by atoms with Gasteiger partial charge in [0, 0.05) is 0 Å². The first-order valence-corrected chi connectivity index (χ1v) is 9.06. The molecule has 14 nitrogen and oxygen atoms in total. The van der Waals surface area contributed by atoms with Gasteiger partial charge in [-0.25, -0.2) is 8.42 Å². The molecule has 2 rings (SSSR count). The fourth-order valence-corrected chi connectivity index (χ4v) is 3.19. The molecule has 0 aromatic rings. The molecule has 2 fully saturated rings. The molecule has 10 atom stereocenters. The van der Waals surface area contributed by atoms with Gasteiger partial charge in [0.25, 0.3) is 0 Å². The van der Waals surface area contributed by atoms with Gasteiger partial charge in [-0.1, -0.05) is 0 Å². The van der Waals surface area contributed by atoms with E-state index in [0.29, 0.717) is 0 Å². The Bertz CT molecular complexity index is 589. The summed E-state index contributed by atoms with van der Waals surface area (Å²) in [5.74, 6) is 0. The molecule has 2 aliphatic rings. The van der Waals surface area contributed by atoms with Gasteiger partial charge in [0.05, 0.1) is 13.2 Å². The fraction of sp³-hybridized carbons (Fsp3) is 1.00. The summed E-state index contributed by atoms with van der Waals surface area (Å²) in [6.45, 7) is -1.63. The molecule has 0 aromatic carbocycles. The molecule has 0 bridgehead atoms. The average molecular weight is 444 g/mol. The van der Waals surface area contributed by atoms with Gasteiger partial charge in [0.2, 0.25) is 10.4 Å². The van der Waals surface area contributed by atoms with Crippen LogP contribution in [0.3, 0.4) is 0 Å². The second-order valence-corrected chi connectivity index (χ2v) is 7.02. The van der Waals surface area contributed by atoms with E-state index in [4.69, 9.17) is 19.3 Å².